The van der Waals surface area contributed by atoms with E-state index in [1.54, 1.807) is 4.90 Å². The van der Waals surface area contributed by atoms with Crippen LogP contribution >= 0.6 is 0 Å². The quantitative estimate of drug-likeness (QED) is 0.681. The van der Waals surface area contributed by atoms with E-state index in [9.17, 15) is 9.59 Å². The summed E-state index contributed by atoms with van der Waals surface area (Å²) in [5, 5.41) is 3.96. The van der Waals surface area contributed by atoms with Gasteiger partial charge in [0.1, 0.15) is 6.54 Å². The van der Waals surface area contributed by atoms with E-state index in [2.05, 4.69) is 9.84 Å². The van der Waals surface area contributed by atoms with Gasteiger partial charge in [0.2, 0.25) is 5.91 Å². The molecule has 0 unspecified atom stereocenters. The molecule has 98 valence electrons. The van der Waals surface area contributed by atoms with Crippen molar-refractivity contribution in [1.82, 2.24) is 14.7 Å². The highest BCUT2D eigenvalue weighted by molar-refractivity contribution is 5.88. The highest BCUT2D eigenvalue weighted by Gasteiger charge is 2.18. The van der Waals surface area contributed by atoms with E-state index < -0.39 is 5.97 Å². The van der Waals surface area contributed by atoms with Gasteiger partial charge in [0.25, 0.3) is 0 Å². The lowest BCUT2D eigenvalue weighted by Gasteiger charge is -2.26. The molecule has 0 N–H and O–H groups in total. The SMILES string of the molecule is COC(=O)c1cnn(CC(=O)N2CCOCC2)c1. The zero-order valence-corrected chi connectivity index (χ0v) is 10.2. The molecule has 0 spiro atoms. The Morgan fingerprint density at radius 1 is 1.44 bits per heavy atom. The predicted octanol–water partition coefficient (Wildman–Crippen LogP) is -0.472. The van der Waals surface area contributed by atoms with E-state index in [0.29, 0.717) is 31.9 Å². The van der Waals surface area contributed by atoms with Crippen LogP contribution < -0.4 is 0 Å². The van der Waals surface area contributed by atoms with Gasteiger partial charge in [-0.15, -0.1) is 0 Å². The first-order valence-corrected chi connectivity index (χ1v) is 5.67. The lowest BCUT2D eigenvalue weighted by molar-refractivity contribution is -0.136. The van der Waals surface area contributed by atoms with E-state index in [4.69, 9.17) is 4.74 Å². The summed E-state index contributed by atoms with van der Waals surface area (Å²) < 4.78 is 11.2. The molecule has 1 aliphatic rings. The van der Waals surface area contributed by atoms with E-state index in [1.165, 1.54) is 24.2 Å². The molecular formula is C11H15N3O4. The van der Waals surface area contributed by atoms with Gasteiger partial charge in [-0.05, 0) is 0 Å². The fraction of sp³-hybridized carbons (Fsp3) is 0.545. The number of nitrogens with zero attached hydrogens (tertiary/aromatic N) is 3. The molecule has 0 bridgehead atoms. The van der Waals surface area contributed by atoms with E-state index in [1.807, 2.05) is 0 Å². The standard InChI is InChI=1S/C11H15N3O4/c1-17-11(16)9-6-12-14(7-9)8-10(15)13-2-4-18-5-3-13/h6-7H,2-5,8H2,1H3. The zero-order chi connectivity index (χ0) is 13.0. The van der Waals surface area contributed by atoms with Gasteiger partial charge in [-0.1, -0.05) is 0 Å². The van der Waals surface area contributed by atoms with E-state index in [-0.39, 0.29) is 12.5 Å². The Hall–Kier alpha value is -1.89. The molecule has 0 aliphatic carbocycles. The highest BCUT2D eigenvalue weighted by Crippen LogP contribution is 2.02. The minimum Gasteiger partial charge on any atom is -0.465 e. The average molecular weight is 253 g/mol. The molecule has 1 aliphatic heterocycles. The molecule has 2 heterocycles. The predicted molar refractivity (Wildman–Crippen MR) is 61.0 cm³/mol. The van der Waals surface area contributed by atoms with Crippen LogP contribution in [0.5, 0.6) is 0 Å². The number of rotatable bonds is 3. The molecule has 1 amide bonds. The number of morpholine rings is 1. The van der Waals surface area contributed by atoms with Gasteiger partial charge in [0.15, 0.2) is 0 Å². The lowest BCUT2D eigenvalue weighted by Crippen LogP contribution is -2.42. The number of hydrogen-bond donors (Lipinski definition) is 0. The topological polar surface area (TPSA) is 73.7 Å². The fourth-order valence-corrected chi connectivity index (χ4v) is 1.72. The van der Waals surface area contributed by atoms with Crippen LogP contribution in [0.2, 0.25) is 0 Å². The minimum absolute atomic E-state index is 0.0298. The van der Waals surface area contributed by atoms with E-state index >= 15 is 0 Å². The van der Waals surface area contributed by atoms with E-state index in [0.717, 1.165) is 0 Å². The van der Waals surface area contributed by atoms with Crippen LogP contribution in [0.15, 0.2) is 12.4 Å². The molecule has 0 saturated carbocycles. The summed E-state index contributed by atoms with van der Waals surface area (Å²) in [7, 11) is 1.30. The highest BCUT2D eigenvalue weighted by atomic mass is 16.5. The van der Waals surface area contributed by atoms with Gasteiger partial charge >= 0.3 is 5.97 Å². The van der Waals surface area contributed by atoms with Crippen molar-refractivity contribution in [1.29, 1.82) is 0 Å². The number of esters is 1. The first-order valence-electron chi connectivity index (χ1n) is 5.67. The minimum atomic E-state index is -0.458. The Bertz CT molecular complexity index is 437. The van der Waals surface area contributed by atoms with Crippen LogP contribution in [0.3, 0.4) is 0 Å². The van der Waals surface area contributed by atoms with Crippen LogP contribution in [0.4, 0.5) is 0 Å². The Kier molecular flexibility index (Phi) is 3.93. The van der Waals surface area contributed by atoms with Gasteiger partial charge in [0.05, 0.1) is 32.1 Å². The van der Waals surface area contributed by atoms with Crippen LogP contribution in [-0.4, -0.2) is 60.0 Å². The van der Waals surface area contributed by atoms with Gasteiger partial charge in [-0.2, -0.15) is 5.10 Å². The maximum atomic E-state index is 11.9. The Labute approximate surface area is 104 Å². The number of aromatic nitrogens is 2. The molecule has 0 aromatic carbocycles. The summed E-state index contributed by atoms with van der Waals surface area (Å²) in [5.74, 6) is -0.488. The van der Waals surface area contributed by atoms with Crippen LogP contribution in [0.1, 0.15) is 10.4 Å². The maximum Gasteiger partial charge on any atom is 0.341 e. The third kappa shape index (κ3) is 2.86. The summed E-state index contributed by atoms with van der Waals surface area (Å²) in [6.07, 6.45) is 2.89. The maximum absolute atomic E-state index is 11.9. The molecule has 7 heteroatoms. The normalized spacial score (nSPS) is 15.5. The van der Waals surface area contributed by atoms with Crippen LogP contribution in [0.25, 0.3) is 0 Å². The molecular weight excluding hydrogens is 238 g/mol. The molecule has 1 saturated heterocycles. The monoisotopic (exact) mass is 253 g/mol. The molecule has 1 aromatic rings. The molecule has 1 aromatic heterocycles. The number of carbonyl (C=O) groups is 2. The summed E-state index contributed by atoms with van der Waals surface area (Å²) >= 11 is 0. The molecule has 2 rings (SSSR count). The van der Waals surface area contributed by atoms with Gasteiger partial charge in [-0.25, -0.2) is 4.79 Å². The Morgan fingerprint density at radius 3 is 2.83 bits per heavy atom. The molecule has 1 fully saturated rings. The Balaban J connectivity index is 1.94. The molecule has 18 heavy (non-hydrogen) atoms. The zero-order valence-electron chi connectivity index (χ0n) is 10.2. The van der Waals surface area contributed by atoms with Crippen LogP contribution in [0, 0.1) is 0 Å². The number of methoxy groups -OCH3 is 1. The van der Waals surface area contributed by atoms with Crippen molar-refractivity contribution in [2.24, 2.45) is 0 Å². The summed E-state index contributed by atoms with van der Waals surface area (Å²) in [5.41, 5.74) is 0.340. The summed E-state index contributed by atoms with van der Waals surface area (Å²) in [6.45, 7) is 2.46. The average Bonchev–Trinajstić information content (AvgIpc) is 2.87. The van der Waals surface area contributed by atoms with Crippen molar-refractivity contribution >= 4 is 11.9 Å². The number of hydrogen-bond acceptors (Lipinski definition) is 5. The molecule has 7 nitrogen and oxygen atoms in total. The number of carbonyl (C=O) groups excluding carboxylic acids is 2. The second kappa shape index (κ2) is 5.63. The van der Waals surface area contributed by atoms with Crippen molar-refractivity contribution in [3.8, 4) is 0 Å². The van der Waals surface area contributed by atoms with Gasteiger partial charge < -0.3 is 14.4 Å². The molecule has 0 atom stereocenters. The first kappa shape index (κ1) is 12.6. The van der Waals surface area contributed by atoms with Crippen molar-refractivity contribution in [3.05, 3.63) is 18.0 Å². The smallest absolute Gasteiger partial charge is 0.341 e. The second-order valence-corrected chi connectivity index (χ2v) is 3.91. The third-order valence-electron chi connectivity index (χ3n) is 2.72. The van der Waals surface area contributed by atoms with Crippen molar-refractivity contribution in [2.75, 3.05) is 33.4 Å². The second-order valence-electron chi connectivity index (χ2n) is 3.91. The van der Waals surface area contributed by atoms with Crippen LogP contribution in [-0.2, 0) is 20.8 Å². The summed E-state index contributed by atoms with van der Waals surface area (Å²) in [6, 6.07) is 0. The van der Waals surface area contributed by atoms with Gasteiger partial charge in [-0.3, -0.25) is 9.48 Å². The fourth-order valence-electron chi connectivity index (χ4n) is 1.72. The Morgan fingerprint density at radius 2 is 2.17 bits per heavy atom. The number of ether oxygens (including phenoxy) is 2. The number of amides is 1. The summed E-state index contributed by atoms with van der Waals surface area (Å²) in [4.78, 5) is 24.9. The van der Waals surface area contributed by atoms with Crippen molar-refractivity contribution in [2.45, 2.75) is 6.54 Å². The third-order valence-corrected chi connectivity index (χ3v) is 2.72. The first-order chi connectivity index (χ1) is 8.70. The van der Waals surface area contributed by atoms with Crippen molar-refractivity contribution < 1.29 is 19.1 Å². The lowest BCUT2D eigenvalue weighted by atomic mass is 10.4. The largest absolute Gasteiger partial charge is 0.465 e. The van der Waals surface area contributed by atoms with Gasteiger partial charge in [0, 0.05) is 19.3 Å². The molecule has 0 radical (unpaired) electrons. The van der Waals surface area contributed by atoms with Crippen molar-refractivity contribution in [3.63, 3.8) is 0 Å².